The molecule has 0 saturated heterocycles. The van der Waals surface area contributed by atoms with Gasteiger partial charge in [-0.1, -0.05) is 6.07 Å². The number of hydrogen-bond acceptors (Lipinski definition) is 4. The van der Waals surface area contributed by atoms with E-state index in [0.29, 0.717) is 5.69 Å². The molecule has 0 saturated carbocycles. The number of carbonyl (C=O) groups is 1. The van der Waals surface area contributed by atoms with Gasteiger partial charge in [0.25, 0.3) is 5.91 Å². The van der Waals surface area contributed by atoms with Crippen LogP contribution in [0.4, 0.5) is 15.9 Å². The van der Waals surface area contributed by atoms with Gasteiger partial charge in [0, 0.05) is 14.1 Å². The number of pyridine rings is 2. The van der Waals surface area contributed by atoms with E-state index in [9.17, 15) is 9.18 Å². The molecule has 2 heterocycles. The van der Waals surface area contributed by atoms with E-state index in [1.165, 1.54) is 24.4 Å². The molecule has 1 N–H and O–H groups in total. The Morgan fingerprint density at radius 3 is 2.63 bits per heavy atom. The fraction of sp³-hybridized carbons (Fsp3) is 0.154. The number of hydrogen-bond donors (Lipinski definition) is 1. The van der Waals surface area contributed by atoms with Crippen LogP contribution in [0.2, 0.25) is 0 Å². The van der Waals surface area contributed by atoms with Crippen LogP contribution in [0.25, 0.3) is 0 Å². The summed E-state index contributed by atoms with van der Waals surface area (Å²) in [6.45, 7) is 0. The number of aromatic nitrogens is 2. The van der Waals surface area contributed by atoms with Crippen molar-refractivity contribution in [3.05, 3.63) is 48.2 Å². The van der Waals surface area contributed by atoms with Gasteiger partial charge in [-0.05, 0) is 24.3 Å². The normalized spacial score (nSPS) is 10.1. The van der Waals surface area contributed by atoms with Gasteiger partial charge in [0.05, 0.1) is 11.9 Å². The van der Waals surface area contributed by atoms with E-state index in [-0.39, 0.29) is 5.69 Å². The molecule has 0 spiro atoms. The van der Waals surface area contributed by atoms with Crippen LogP contribution in [-0.4, -0.2) is 30.0 Å². The van der Waals surface area contributed by atoms with Crippen LogP contribution in [0.5, 0.6) is 0 Å². The Balaban J connectivity index is 2.10. The number of amides is 1. The molecule has 1 amide bonds. The number of anilines is 2. The van der Waals surface area contributed by atoms with Gasteiger partial charge in [-0.25, -0.2) is 9.97 Å². The van der Waals surface area contributed by atoms with E-state index in [0.717, 1.165) is 5.82 Å². The van der Waals surface area contributed by atoms with E-state index in [2.05, 4.69) is 15.3 Å². The molecular formula is C13H13FN4O. The number of halogens is 1. The maximum absolute atomic E-state index is 12.9. The summed E-state index contributed by atoms with van der Waals surface area (Å²) < 4.78 is 12.9. The summed E-state index contributed by atoms with van der Waals surface area (Å²) in [7, 11) is 3.74. The van der Waals surface area contributed by atoms with Crippen LogP contribution in [-0.2, 0) is 0 Å². The lowest BCUT2D eigenvalue weighted by Gasteiger charge is -2.11. The summed E-state index contributed by atoms with van der Waals surface area (Å²) in [5, 5.41) is 2.60. The molecule has 0 fully saturated rings. The second kappa shape index (κ2) is 5.43. The van der Waals surface area contributed by atoms with Crippen LogP contribution >= 0.6 is 0 Å². The monoisotopic (exact) mass is 260 g/mol. The fourth-order valence-corrected chi connectivity index (χ4v) is 1.45. The minimum Gasteiger partial charge on any atom is -0.363 e. The first kappa shape index (κ1) is 12.9. The fourth-order valence-electron chi connectivity index (χ4n) is 1.45. The van der Waals surface area contributed by atoms with Crippen molar-refractivity contribution in [3.63, 3.8) is 0 Å². The standard InChI is InChI=1S/C13H13FN4O/c1-18(2)12-7-6-9(8-15-12)16-13(19)10-4-3-5-11(14)17-10/h3-8H,1-2H3,(H,16,19). The van der Waals surface area contributed by atoms with Gasteiger partial charge in [-0.2, -0.15) is 4.39 Å². The predicted molar refractivity (Wildman–Crippen MR) is 70.7 cm³/mol. The molecule has 2 aromatic rings. The molecule has 98 valence electrons. The minimum absolute atomic E-state index is 0.0247. The molecule has 0 aromatic carbocycles. The second-order valence-corrected chi connectivity index (χ2v) is 4.10. The first-order chi connectivity index (χ1) is 9.06. The summed E-state index contributed by atoms with van der Waals surface area (Å²) in [5.41, 5.74) is 0.554. The molecule has 0 atom stereocenters. The van der Waals surface area contributed by atoms with Crippen LogP contribution in [0.15, 0.2) is 36.5 Å². The topological polar surface area (TPSA) is 58.1 Å². The third-order valence-corrected chi connectivity index (χ3v) is 2.41. The van der Waals surface area contributed by atoms with Gasteiger partial charge in [0.2, 0.25) is 5.95 Å². The van der Waals surface area contributed by atoms with E-state index < -0.39 is 11.9 Å². The summed E-state index contributed by atoms with van der Waals surface area (Å²) in [6.07, 6.45) is 1.53. The Morgan fingerprint density at radius 1 is 1.26 bits per heavy atom. The van der Waals surface area contributed by atoms with E-state index >= 15 is 0 Å². The Hall–Kier alpha value is -2.50. The van der Waals surface area contributed by atoms with Gasteiger partial charge in [0.15, 0.2) is 0 Å². The number of nitrogens with one attached hydrogen (secondary N) is 1. The first-order valence-electron chi connectivity index (χ1n) is 5.63. The molecule has 0 aliphatic rings. The van der Waals surface area contributed by atoms with Gasteiger partial charge in [-0.3, -0.25) is 4.79 Å². The Morgan fingerprint density at radius 2 is 2.05 bits per heavy atom. The maximum atomic E-state index is 12.9. The van der Waals surface area contributed by atoms with Gasteiger partial charge in [-0.15, -0.1) is 0 Å². The highest BCUT2D eigenvalue weighted by atomic mass is 19.1. The SMILES string of the molecule is CN(C)c1ccc(NC(=O)c2cccc(F)n2)cn1. The molecule has 2 rings (SSSR count). The zero-order valence-corrected chi connectivity index (χ0v) is 10.6. The van der Waals surface area contributed by atoms with Crippen molar-refractivity contribution >= 4 is 17.4 Å². The lowest BCUT2D eigenvalue weighted by atomic mass is 10.3. The lowest BCUT2D eigenvalue weighted by Crippen LogP contribution is -2.15. The van der Waals surface area contributed by atoms with E-state index in [1.807, 2.05) is 19.0 Å². The van der Waals surface area contributed by atoms with Crippen LogP contribution in [0.1, 0.15) is 10.5 Å². The maximum Gasteiger partial charge on any atom is 0.274 e. The molecular weight excluding hydrogens is 247 g/mol. The summed E-state index contributed by atoms with van der Waals surface area (Å²) in [4.78, 5) is 21.3. The van der Waals surface area contributed by atoms with Crippen molar-refractivity contribution in [2.45, 2.75) is 0 Å². The largest absolute Gasteiger partial charge is 0.363 e. The third-order valence-electron chi connectivity index (χ3n) is 2.41. The molecule has 0 radical (unpaired) electrons. The quantitative estimate of drug-likeness (QED) is 0.857. The summed E-state index contributed by atoms with van der Waals surface area (Å²) >= 11 is 0. The number of carbonyl (C=O) groups excluding carboxylic acids is 1. The lowest BCUT2D eigenvalue weighted by molar-refractivity contribution is 0.102. The van der Waals surface area contributed by atoms with Crippen molar-refractivity contribution in [1.82, 2.24) is 9.97 Å². The van der Waals surface area contributed by atoms with Crippen LogP contribution < -0.4 is 10.2 Å². The van der Waals surface area contributed by atoms with Crippen molar-refractivity contribution < 1.29 is 9.18 Å². The predicted octanol–water partition coefficient (Wildman–Crippen LogP) is 1.93. The Bertz CT molecular complexity index is 583. The van der Waals surface area contributed by atoms with Crippen molar-refractivity contribution in [1.29, 1.82) is 0 Å². The van der Waals surface area contributed by atoms with Crippen molar-refractivity contribution in [3.8, 4) is 0 Å². The highest BCUT2D eigenvalue weighted by molar-refractivity contribution is 6.02. The molecule has 5 nitrogen and oxygen atoms in total. The highest BCUT2D eigenvalue weighted by Gasteiger charge is 2.08. The van der Waals surface area contributed by atoms with Gasteiger partial charge in [0.1, 0.15) is 11.5 Å². The van der Waals surface area contributed by atoms with Gasteiger partial charge >= 0.3 is 0 Å². The molecule has 0 aliphatic carbocycles. The Labute approximate surface area is 110 Å². The highest BCUT2D eigenvalue weighted by Crippen LogP contribution is 2.12. The smallest absolute Gasteiger partial charge is 0.274 e. The molecule has 6 heteroatoms. The van der Waals surface area contributed by atoms with Crippen LogP contribution in [0.3, 0.4) is 0 Å². The van der Waals surface area contributed by atoms with E-state index in [1.54, 1.807) is 12.1 Å². The third kappa shape index (κ3) is 3.25. The van der Waals surface area contributed by atoms with Crippen LogP contribution in [0, 0.1) is 5.95 Å². The number of rotatable bonds is 3. The first-order valence-corrected chi connectivity index (χ1v) is 5.63. The Kier molecular flexibility index (Phi) is 3.70. The summed E-state index contributed by atoms with van der Waals surface area (Å²) in [6, 6.07) is 7.56. The molecule has 0 unspecified atom stereocenters. The molecule has 0 bridgehead atoms. The average molecular weight is 260 g/mol. The molecule has 19 heavy (non-hydrogen) atoms. The van der Waals surface area contributed by atoms with Gasteiger partial charge < -0.3 is 10.2 Å². The van der Waals surface area contributed by atoms with Crippen molar-refractivity contribution in [2.75, 3.05) is 24.3 Å². The molecule has 0 aliphatic heterocycles. The zero-order chi connectivity index (χ0) is 13.8. The zero-order valence-electron chi connectivity index (χ0n) is 10.6. The number of nitrogens with zero attached hydrogens (tertiary/aromatic N) is 3. The average Bonchev–Trinajstić information content (AvgIpc) is 2.39. The minimum atomic E-state index is -0.686. The second-order valence-electron chi connectivity index (χ2n) is 4.10. The van der Waals surface area contributed by atoms with E-state index in [4.69, 9.17) is 0 Å². The summed E-state index contributed by atoms with van der Waals surface area (Å²) in [5.74, 6) is -0.380. The molecule has 2 aromatic heterocycles. The van der Waals surface area contributed by atoms with Crippen molar-refractivity contribution in [2.24, 2.45) is 0 Å².